The molecule has 0 radical (unpaired) electrons. The van der Waals surface area contributed by atoms with Gasteiger partial charge >= 0.3 is 12.0 Å². The van der Waals surface area contributed by atoms with E-state index in [-0.39, 0.29) is 43.6 Å². The molecule has 2 aliphatic heterocycles. The second-order valence-corrected chi connectivity index (χ2v) is 15.4. The monoisotopic (exact) mass is 776 g/mol. The Morgan fingerprint density at radius 3 is 1.91 bits per heavy atom. The van der Waals surface area contributed by atoms with E-state index in [1.165, 1.54) is 0 Å². The summed E-state index contributed by atoms with van der Waals surface area (Å²) < 4.78 is 0. The molecule has 2 aliphatic rings. The van der Waals surface area contributed by atoms with Crippen molar-refractivity contribution in [3.63, 3.8) is 0 Å². The second-order valence-electron chi connectivity index (χ2n) is 15.4. The van der Waals surface area contributed by atoms with Crippen LogP contribution in [0.5, 0.6) is 0 Å². The molecular formula is C41H60N8O7. The van der Waals surface area contributed by atoms with E-state index in [0.717, 1.165) is 17.5 Å². The zero-order valence-corrected chi connectivity index (χ0v) is 32.7. The molecule has 2 aromatic rings. The molecule has 2 aromatic carbocycles. The molecule has 0 saturated carbocycles. The SMILES string of the molecule is CC(C)C[C@@H](NC(=O)[C@@H](Cc1ccccc1)NC(=O)[C@H](N)Cc1ccccc1)C(=O)N[C@H](CCCCNC(N)=O)C(=O)N1CCC(N2CCC[C@H]2C(=O)O)CC1. The number of nitrogens with two attached hydrogens (primary N) is 2. The average Bonchev–Trinajstić information content (AvgIpc) is 3.68. The van der Waals surface area contributed by atoms with E-state index in [0.29, 0.717) is 58.3 Å². The summed E-state index contributed by atoms with van der Waals surface area (Å²) >= 11 is 0. The maximum Gasteiger partial charge on any atom is 0.320 e. The molecule has 0 spiro atoms. The fraction of sp³-hybridized carbons (Fsp3) is 0.561. The van der Waals surface area contributed by atoms with E-state index in [1.54, 1.807) is 4.90 Å². The standard InChI is InChI=1S/C41H60N8O7/c1-27(2)24-33(47-38(52)34(26-29-14-7-4-8-15-29)46-36(50)31(42)25-28-12-5-3-6-13-28)37(51)45-32(16-9-10-20-44-41(43)56)39(53)48-22-18-30(19-23-48)49-21-11-17-35(49)40(54)55/h3-8,12-15,27,30-35H,9-11,16-26,42H2,1-2H3,(H,45,51)(H,46,50)(H,47,52)(H,54,55)(H3,43,44,56)/t31-,32-,33-,34-,35+/m1/s1. The molecule has 2 saturated heterocycles. The lowest BCUT2D eigenvalue weighted by Gasteiger charge is -2.39. The first-order valence-corrected chi connectivity index (χ1v) is 19.9. The van der Waals surface area contributed by atoms with Crippen LogP contribution in [0.1, 0.15) is 76.3 Å². The maximum atomic E-state index is 14.1. The lowest BCUT2D eigenvalue weighted by molar-refractivity contribution is -0.144. The van der Waals surface area contributed by atoms with Crippen molar-refractivity contribution < 1.29 is 33.9 Å². The van der Waals surface area contributed by atoms with Crippen LogP contribution >= 0.6 is 0 Å². The number of amides is 6. The number of carbonyl (C=O) groups excluding carboxylic acids is 5. The third-order valence-electron chi connectivity index (χ3n) is 10.5. The quantitative estimate of drug-likeness (QED) is 0.0970. The van der Waals surface area contributed by atoms with Gasteiger partial charge in [-0.1, -0.05) is 74.5 Å². The van der Waals surface area contributed by atoms with Crippen molar-refractivity contribution in [2.75, 3.05) is 26.2 Å². The van der Waals surface area contributed by atoms with Gasteiger partial charge in [0.25, 0.3) is 0 Å². The van der Waals surface area contributed by atoms with Crippen molar-refractivity contribution in [1.82, 2.24) is 31.1 Å². The van der Waals surface area contributed by atoms with Crippen LogP contribution in [0, 0.1) is 5.92 Å². The molecule has 0 aliphatic carbocycles. The van der Waals surface area contributed by atoms with Gasteiger partial charge in [0.15, 0.2) is 0 Å². The average molecular weight is 777 g/mol. The molecule has 6 amide bonds. The maximum absolute atomic E-state index is 14.1. The number of hydrogen-bond donors (Lipinski definition) is 7. The van der Waals surface area contributed by atoms with Crippen molar-refractivity contribution in [1.29, 1.82) is 0 Å². The number of hydrogen-bond acceptors (Lipinski definition) is 8. The van der Waals surface area contributed by atoms with Crippen LogP contribution in [-0.2, 0) is 36.8 Å². The molecular weight excluding hydrogens is 716 g/mol. The van der Waals surface area contributed by atoms with E-state index in [2.05, 4.69) is 21.3 Å². The smallest absolute Gasteiger partial charge is 0.320 e. The highest BCUT2D eigenvalue weighted by Crippen LogP contribution is 2.27. The third-order valence-corrected chi connectivity index (χ3v) is 10.5. The predicted molar refractivity (Wildman–Crippen MR) is 212 cm³/mol. The van der Waals surface area contributed by atoms with Crippen molar-refractivity contribution in [2.45, 2.75) is 114 Å². The van der Waals surface area contributed by atoms with E-state index >= 15 is 0 Å². The van der Waals surface area contributed by atoms with Gasteiger partial charge < -0.3 is 42.7 Å². The summed E-state index contributed by atoms with van der Waals surface area (Å²) in [5.41, 5.74) is 13.2. The lowest BCUT2D eigenvalue weighted by atomic mass is 9.98. The number of carbonyl (C=O) groups is 6. The van der Waals surface area contributed by atoms with Gasteiger partial charge in [0.2, 0.25) is 23.6 Å². The zero-order valence-electron chi connectivity index (χ0n) is 32.7. The van der Waals surface area contributed by atoms with E-state index < -0.39 is 59.9 Å². The van der Waals surface area contributed by atoms with Crippen LogP contribution in [0.15, 0.2) is 60.7 Å². The minimum atomic E-state index is -1.04. The van der Waals surface area contributed by atoms with Crippen LogP contribution in [0.25, 0.3) is 0 Å². The minimum Gasteiger partial charge on any atom is -0.480 e. The molecule has 0 aromatic heterocycles. The summed E-state index contributed by atoms with van der Waals surface area (Å²) in [6.07, 6.45) is 4.69. The Bertz CT molecular complexity index is 1600. The Hall–Kier alpha value is -5.02. The Morgan fingerprint density at radius 2 is 1.32 bits per heavy atom. The molecule has 5 atom stereocenters. The van der Waals surface area contributed by atoms with Gasteiger partial charge in [-0.15, -0.1) is 0 Å². The first-order chi connectivity index (χ1) is 26.8. The van der Waals surface area contributed by atoms with E-state index in [1.807, 2.05) is 79.4 Å². The van der Waals surface area contributed by atoms with Crippen molar-refractivity contribution in [3.05, 3.63) is 71.8 Å². The topological polar surface area (TPSA) is 229 Å². The van der Waals surface area contributed by atoms with E-state index in [4.69, 9.17) is 11.5 Å². The molecule has 4 rings (SSSR count). The number of carboxylic acid groups (broad SMARTS) is 1. The summed E-state index contributed by atoms with van der Waals surface area (Å²) in [6.45, 7) is 5.71. The summed E-state index contributed by atoms with van der Waals surface area (Å²) in [4.78, 5) is 82.3. The van der Waals surface area contributed by atoms with Gasteiger partial charge in [-0.3, -0.25) is 28.9 Å². The summed E-state index contributed by atoms with van der Waals surface area (Å²) in [6, 6.07) is 13.6. The van der Waals surface area contributed by atoms with Crippen LogP contribution in [0.3, 0.4) is 0 Å². The summed E-state index contributed by atoms with van der Waals surface area (Å²) in [5, 5.41) is 20.9. The Labute approximate surface area is 329 Å². The first-order valence-electron chi connectivity index (χ1n) is 19.9. The zero-order chi connectivity index (χ0) is 40.6. The van der Waals surface area contributed by atoms with Crippen LogP contribution in [-0.4, -0.2) is 113 Å². The van der Waals surface area contributed by atoms with Crippen molar-refractivity contribution in [3.8, 4) is 0 Å². The molecule has 2 fully saturated rings. The Morgan fingerprint density at radius 1 is 0.750 bits per heavy atom. The Kier molecular flexibility index (Phi) is 17.1. The minimum absolute atomic E-state index is 0.0132. The number of nitrogens with zero attached hydrogens (tertiary/aromatic N) is 2. The number of aliphatic carboxylic acids is 1. The third kappa shape index (κ3) is 13.6. The van der Waals surface area contributed by atoms with Crippen LogP contribution < -0.4 is 32.7 Å². The van der Waals surface area contributed by atoms with Crippen LogP contribution in [0.2, 0.25) is 0 Å². The second kappa shape index (κ2) is 21.9. The highest BCUT2D eigenvalue weighted by atomic mass is 16.4. The molecule has 306 valence electrons. The Balaban J connectivity index is 1.46. The largest absolute Gasteiger partial charge is 0.480 e. The van der Waals surface area contributed by atoms with Crippen LogP contribution in [0.4, 0.5) is 4.79 Å². The number of piperidine rings is 1. The molecule has 15 heteroatoms. The summed E-state index contributed by atoms with van der Waals surface area (Å²) in [7, 11) is 0. The van der Waals surface area contributed by atoms with Gasteiger partial charge in [0.1, 0.15) is 24.2 Å². The molecule has 9 N–H and O–H groups in total. The highest BCUT2D eigenvalue weighted by molar-refractivity contribution is 5.95. The molecule has 15 nitrogen and oxygen atoms in total. The van der Waals surface area contributed by atoms with E-state index in [9.17, 15) is 33.9 Å². The van der Waals surface area contributed by atoms with Gasteiger partial charge in [-0.25, -0.2) is 4.79 Å². The number of carboxylic acids is 1. The highest BCUT2D eigenvalue weighted by Gasteiger charge is 2.39. The number of benzene rings is 2. The number of nitrogens with one attached hydrogen (secondary N) is 4. The molecule has 0 unspecified atom stereocenters. The fourth-order valence-electron chi connectivity index (χ4n) is 7.62. The number of rotatable bonds is 20. The van der Waals surface area contributed by atoms with Crippen molar-refractivity contribution in [2.24, 2.45) is 17.4 Å². The van der Waals surface area contributed by atoms with Gasteiger partial charge in [-0.2, -0.15) is 0 Å². The van der Waals surface area contributed by atoms with Gasteiger partial charge in [0.05, 0.1) is 6.04 Å². The number of likely N-dealkylation sites (tertiary alicyclic amines) is 2. The number of primary amides is 1. The lowest BCUT2D eigenvalue weighted by Crippen LogP contribution is -2.59. The van der Waals surface area contributed by atoms with Gasteiger partial charge in [0, 0.05) is 32.1 Å². The molecule has 56 heavy (non-hydrogen) atoms. The summed E-state index contributed by atoms with van der Waals surface area (Å²) in [5.74, 6) is -2.68. The fourth-order valence-corrected chi connectivity index (χ4v) is 7.62. The normalized spacial score (nSPS) is 18.4. The predicted octanol–water partition coefficient (Wildman–Crippen LogP) is 1.68. The number of urea groups is 1. The molecule has 0 bridgehead atoms. The molecule has 2 heterocycles. The first kappa shape index (κ1) is 43.7. The number of unbranched alkanes of at least 4 members (excludes halogenated alkanes) is 1. The van der Waals surface area contributed by atoms with Crippen molar-refractivity contribution >= 4 is 35.6 Å². The van der Waals surface area contributed by atoms with Gasteiger partial charge in [-0.05, 0) is 81.4 Å².